The Bertz CT molecular complexity index is 654. The van der Waals surface area contributed by atoms with E-state index in [1.54, 1.807) is 6.33 Å². The molecule has 0 bridgehead atoms. The summed E-state index contributed by atoms with van der Waals surface area (Å²) in [4.78, 5) is 4.26. The summed E-state index contributed by atoms with van der Waals surface area (Å²) >= 11 is 0. The zero-order chi connectivity index (χ0) is 11.1. The van der Waals surface area contributed by atoms with E-state index in [0.717, 1.165) is 16.6 Å². The Hall–Kier alpha value is -2.37. The highest BCUT2D eigenvalue weighted by atomic mass is 16.6. The highest BCUT2D eigenvalue weighted by Crippen LogP contribution is 2.25. The SMILES string of the molecule is Cn1cnc2cc(-c3nonc3N)ccc21. The van der Waals surface area contributed by atoms with Gasteiger partial charge in [-0.05, 0) is 22.4 Å². The van der Waals surface area contributed by atoms with E-state index >= 15 is 0 Å². The molecular weight excluding hydrogens is 206 g/mol. The number of nitrogens with two attached hydrogens (primary N) is 1. The van der Waals surface area contributed by atoms with E-state index in [-0.39, 0.29) is 5.82 Å². The summed E-state index contributed by atoms with van der Waals surface area (Å²) in [7, 11) is 1.95. The summed E-state index contributed by atoms with van der Waals surface area (Å²) < 4.78 is 6.51. The van der Waals surface area contributed by atoms with Gasteiger partial charge in [0.25, 0.3) is 0 Å². The Labute approximate surface area is 90.7 Å². The van der Waals surface area contributed by atoms with Gasteiger partial charge in [0.05, 0.1) is 17.4 Å². The van der Waals surface area contributed by atoms with Crippen LogP contribution in [0.4, 0.5) is 5.82 Å². The van der Waals surface area contributed by atoms with E-state index in [0.29, 0.717) is 5.69 Å². The van der Waals surface area contributed by atoms with Crippen molar-refractivity contribution in [2.24, 2.45) is 7.05 Å². The first kappa shape index (κ1) is 8.90. The lowest BCUT2D eigenvalue weighted by atomic mass is 10.1. The smallest absolute Gasteiger partial charge is 0.196 e. The van der Waals surface area contributed by atoms with Crippen LogP contribution in [0.2, 0.25) is 0 Å². The van der Waals surface area contributed by atoms with E-state index in [2.05, 4.69) is 19.9 Å². The number of hydrogen-bond donors (Lipinski definition) is 1. The molecule has 0 atom stereocenters. The first-order valence-corrected chi connectivity index (χ1v) is 4.75. The molecule has 3 rings (SSSR count). The highest BCUT2D eigenvalue weighted by Gasteiger charge is 2.10. The van der Waals surface area contributed by atoms with Crippen molar-refractivity contribution in [3.63, 3.8) is 0 Å². The lowest BCUT2D eigenvalue weighted by Gasteiger charge is -1.97. The minimum Gasteiger partial charge on any atom is -0.379 e. The summed E-state index contributed by atoms with van der Waals surface area (Å²) in [5.41, 5.74) is 8.97. The second-order valence-corrected chi connectivity index (χ2v) is 3.56. The highest BCUT2D eigenvalue weighted by molar-refractivity contribution is 5.83. The molecule has 6 heteroatoms. The van der Waals surface area contributed by atoms with Crippen LogP contribution in [0.3, 0.4) is 0 Å². The van der Waals surface area contributed by atoms with E-state index in [4.69, 9.17) is 5.73 Å². The van der Waals surface area contributed by atoms with Crippen LogP contribution >= 0.6 is 0 Å². The van der Waals surface area contributed by atoms with E-state index in [9.17, 15) is 0 Å². The second kappa shape index (κ2) is 3.06. The molecule has 1 aromatic carbocycles. The molecule has 0 saturated heterocycles. The molecule has 16 heavy (non-hydrogen) atoms. The average molecular weight is 215 g/mol. The van der Waals surface area contributed by atoms with Crippen molar-refractivity contribution in [2.45, 2.75) is 0 Å². The number of anilines is 1. The number of aromatic nitrogens is 4. The molecule has 0 fully saturated rings. The van der Waals surface area contributed by atoms with Crippen LogP contribution in [0.1, 0.15) is 0 Å². The fourth-order valence-corrected chi connectivity index (χ4v) is 1.68. The Balaban J connectivity index is 2.23. The molecule has 6 nitrogen and oxygen atoms in total. The molecular formula is C10H9N5O. The van der Waals surface area contributed by atoms with Crippen molar-refractivity contribution in [1.29, 1.82) is 0 Å². The molecule has 2 aromatic heterocycles. The lowest BCUT2D eigenvalue weighted by Crippen LogP contribution is -1.89. The van der Waals surface area contributed by atoms with E-state index in [1.807, 2.05) is 29.8 Å². The van der Waals surface area contributed by atoms with Gasteiger partial charge in [-0.1, -0.05) is 6.07 Å². The first-order valence-electron chi connectivity index (χ1n) is 4.75. The van der Waals surface area contributed by atoms with Gasteiger partial charge in [0.15, 0.2) is 11.5 Å². The minimum atomic E-state index is 0.287. The predicted octanol–water partition coefficient (Wildman–Crippen LogP) is 1.21. The molecule has 80 valence electrons. The summed E-state index contributed by atoms with van der Waals surface area (Å²) in [5.74, 6) is 0.287. The number of nitrogen functional groups attached to an aromatic ring is 1. The molecule has 0 unspecified atom stereocenters. The zero-order valence-corrected chi connectivity index (χ0v) is 8.58. The lowest BCUT2D eigenvalue weighted by molar-refractivity contribution is 0.310. The van der Waals surface area contributed by atoms with Gasteiger partial charge in [-0.3, -0.25) is 0 Å². The predicted molar refractivity (Wildman–Crippen MR) is 58.4 cm³/mol. The maximum absolute atomic E-state index is 5.63. The Morgan fingerprint density at radius 2 is 2.19 bits per heavy atom. The van der Waals surface area contributed by atoms with Crippen LogP contribution < -0.4 is 5.73 Å². The van der Waals surface area contributed by atoms with Gasteiger partial charge in [0.1, 0.15) is 0 Å². The van der Waals surface area contributed by atoms with E-state index < -0.39 is 0 Å². The molecule has 0 spiro atoms. The Morgan fingerprint density at radius 1 is 1.31 bits per heavy atom. The summed E-state index contributed by atoms with van der Waals surface area (Å²) in [5, 5.41) is 7.30. The fourth-order valence-electron chi connectivity index (χ4n) is 1.68. The molecule has 0 amide bonds. The van der Waals surface area contributed by atoms with Gasteiger partial charge in [-0.25, -0.2) is 9.61 Å². The van der Waals surface area contributed by atoms with Crippen LogP contribution in [0, 0.1) is 0 Å². The van der Waals surface area contributed by atoms with Gasteiger partial charge in [0, 0.05) is 12.6 Å². The zero-order valence-electron chi connectivity index (χ0n) is 8.58. The average Bonchev–Trinajstić information content (AvgIpc) is 2.86. The summed E-state index contributed by atoms with van der Waals surface area (Å²) in [6.07, 6.45) is 1.76. The summed E-state index contributed by atoms with van der Waals surface area (Å²) in [6, 6.07) is 5.79. The number of imidazole rings is 1. The van der Waals surface area contributed by atoms with Crippen molar-refractivity contribution in [3.8, 4) is 11.3 Å². The van der Waals surface area contributed by atoms with Crippen molar-refractivity contribution in [1.82, 2.24) is 19.9 Å². The number of benzene rings is 1. The third kappa shape index (κ3) is 1.16. The standard InChI is InChI=1S/C10H9N5O/c1-15-5-12-7-4-6(2-3-8(7)15)9-10(11)14-16-13-9/h2-5H,1H3,(H2,11,14). The maximum atomic E-state index is 5.63. The monoisotopic (exact) mass is 215 g/mol. The van der Waals surface area contributed by atoms with Crippen molar-refractivity contribution in [3.05, 3.63) is 24.5 Å². The van der Waals surface area contributed by atoms with Gasteiger partial charge in [0.2, 0.25) is 0 Å². The van der Waals surface area contributed by atoms with Crippen molar-refractivity contribution in [2.75, 3.05) is 5.73 Å². The topological polar surface area (TPSA) is 82.8 Å². The van der Waals surface area contributed by atoms with E-state index in [1.165, 1.54) is 0 Å². The van der Waals surface area contributed by atoms with Crippen LogP contribution in [0.25, 0.3) is 22.3 Å². The molecule has 2 N–H and O–H groups in total. The minimum absolute atomic E-state index is 0.287. The molecule has 0 aliphatic heterocycles. The first-order chi connectivity index (χ1) is 7.75. The third-order valence-electron chi connectivity index (χ3n) is 2.51. The number of aryl methyl sites for hydroxylation is 1. The third-order valence-corrected chi connectivity index (χ3v) is 2.51. The number of nitrogens with zero attached hydrogens (tertiary/aromatic N) is 4. The molecule has 0 radical (unpaired) electrons. The number of fused-ring (bicyclic) bond motifs is 1. The van der Waals surface area contributed by atoms with Crippen LogP contribution in [0.5, 0.6) is 0 Å². The molecule has 0 saturated carbocycles. The van der Waals surface area contributed by atoms with Gasteiger partial charge >= 0.3 is 0 Å². The Kier molecular flexibility index (Phi) is 1.70. The van der Waals surface area contributed by atoms with Crippen LogP contribution in [-0.2, 0) is 7.05 Å². The normalized spacial score (nSPS) is 11.1. The van der Waals surface area contributed by atoms with Gasteiger partial charge < -0.3 is 10.3 Å². The number of hydrogen-bond acceptors (Lipinski definition) is 5. The molecule has 2 heterocycles. The maximum Gasteiger partial charge on any atom is 0.196 e. The fraction of sp³-hybridized carbons (Fsp3) is 0.100. The quantitative estimate of drug-likeness (QED) is 0.659. The van der Waals surface area contributed by atoms with Gasteiger partial charge in [-0.2, -0.15) is 0 Å². The van der Waals surface area contributed by atoms with Gasteiger partial charge in [-0.15, -0.1) is 0 Å². The Morgan fingerprint density at radius 3 is 2.94 bits per heavy atom. The molecule has 0 aliphatic rings. The number of rotatable bonds is 1. The molecule has 0 aliphatic carbocycles. The molecule has 3 aromatic rings. The largest absolute Gasteiger partial charge is 0.379 e. The van der Waals surface area contributed by atoms with Crippen LogP contribution in [0.15, 0.2) is 29.2 Å². The van der Waals surface area contributed by atoms with Crippen LogP contribution in [-0.4, -0.2) is 19.9 Å². The summed E-state index contributed by atoms with van der Waals surface area (Å²) in [6.45, 7) is 0. The second-order valence-electron chi connectivity index (χ2n) is 3.56. The van der Waals surface area contributed by atoms with Crippen molar-refractivity contribution < 1.29 is 4.63 Å². The van der Waals surface area contributed by atoms with Crippen molar-refractivity contribution >= 4 is 16.9 Å².